The number of carbonyl (C=O) groups is 1. The fourth-order valence-electron chi connectivity index (χ4n) is 2.00. The Hall–Kier alpha value is -2.87. The van der Waals surface area contributed by atoms with Gasteiger partial charge in [-0.1, -0.05) is 42.5 Å². The Bertz CT molecular complexity index is 799. The molecule has 1 heterocycles. The van der Waals surface area contributed by atoms with Crippen LogP contribution in [0.4, 0.5) is 13.2 Å². The highest BCUT2D eigenvalue weighted by molar-refractivity contribution is 5.73. The van der Waals surface area contributed by atoms with Gasteiger partial charge in [-0.15, -0.1) is 0 Å². The molecule has 132 valence electrons. The van der Waals surface area contributed by atoms with E-state index in [1.54, 1.807) is 0 Å². The summed E-state index contributed by atoms with van der Waals surface area (Å²) < 4.78 is 37.4. The third-order valence-electron chi connectivity index (χ3n) is 3.17. The minimum atomic E-state index is -5.08. The molecule has 0 saturated carbocycles. The Labute approximate surface area is 140 Å². The zero-order chi connectivity index (χ0) is 18.4. The second-order valence-electron chi connectivity index (χ2n) is 5.12. The number of nitrogens with two attached hydrogens (primary N) is 1. The van der Waals surface area contributed by atoms with Gasteiger partial charge in [-0.3, -0.25) is 0 Å². The fourth-order valence-corrected chi connectivity index (χ4v) is 2.00. The predicted molar refractivity (Wildman–Crippen MR) is 84.8 cm³/mol. The Morgan fingerprint density at radius 2 is 1.68 bits per heavy atom. The molecule has 3 aromatic rings. The van der Waals surface area contributed by atoms with E-state index < -0.39 is 12.1 Å². The van der Waals surface area contributed by atoms with Gasteiger partial charge in [0.1, 0.15) is 5.52 Å². The van der Waals surface area contributed by atoms with E-state index in [1.165, 1.54) is 5.56 Å². The van der Waals surface area contributed by atoms with Crippen molar-refractivity contribution in [1.82, 2.24) is 4.98 Å². The molecule has 0 spiro atoms. The van der Waals surface area contributed by atoms with E-state index in [4.69, 9.17) is 20.1 Å². The van der Waals surface area contributed by atoms with Crippen LogP contribution in [-0.4, -0.2) is 22.2 Å². The topological polar surface area (TPSA) is 89.4 Å². The first-order valence-corrected chi connectivity index (χ1v) is 7.22. The first kappa shape index (κ1) is 18.5. The van der Waals surface area contributed by atoms with Crippen LogP contribution in [0.25, 0.3) is 11.1 Å². The molecule has 3 rings (SSSR count). The van der Waals surface area contributed by atoms with Crippen molar-refractivity contribution >= 4 is 17.1 Å². The Balaban J connectivity index is 0.000000277. The maximum absolute atomic E-state index is 10.6. The third kappa shape index (κ3) is 5.32. The van der Waals surface area contributed by atoms with Crippen molar-refractivity contribution < 1.29 is 27.5 Å². The molecule has 1 atom stereocenters. The Morgan fingerprint density at radius 1 is 1.12 bits per heavy atom. The number of aliphatic carboxylic acids is 1. The van der Waals surface area contributed by atoms with Gasteiger partial charge in [-0.05, 0) is 24.1 Å². The Morgan fingerprint density at radius 3 is 2.24 bits per heavy atom. The lowest BCUT2D eigenvalue weighted by molar-refractivity contribution is -0.192. The van der Waals surface area contributed by atoms with Crippen molar-refractivity contribution in [3.8, 4) is 0 Å². The van der Waals surface area contributed by atoms with E-state index in [2.05, 4.69) is 17.1 Å². The van der Waals surface area contributed by atoms with Gasteiger partial charge in [0.25, 0.3) is 0 Å². The van der Waals surface area contributed by atoms with Gasteiger partial charge >= 0.3 is 12.1 Å². The summed E-state index contributed by atoms with van der Waals surface area (Å²) in [6.07, 6.45) is -4.35. The van der Waals surface area contributed by atoms with Crippen LogP contribution in [0.15, 0.2) is 59.0 Å². The van der Waals surface area contributed by atoms with E-state index in [-0.39, 0.29) is 6.04 Å². The minimum absolute atomic E-state index is 0.209. The number of oxazole rings is 1. The average molecular weight is 352 g/mol. The summed E-state index contributed by atoms with van der Waals surface area (Å²) in [5.41, 5.74) is 8.97. The van der Waals surface area contributed by atoms with Crippen LogP contribution >= 0.6 is 0 Å². The fraction of sp³-hybridized carbons (Fsp3) is 0.176. The van der Waals surface area contributed by atoms with Crippen molar-refractivity contribution in [2.75, 3.05) is 0 Å². The lowest BCUT2D eigenvalue weighted by atomic mass is 10.1. The highest BCUT2D eigenvalue weighted by Crippen LogP contribution is 2.21. The number of carboxylic acids is 1. The van der Waals surface area contributed by atoms with Crippen LogP contribution in [0.5, 0.6) is 0 Å². The molecule has 3 N–H and O–H groups in total. The molecule has 1 unspecified atom stereocenters. The van der Waals surface area contributed by atoms with Crippen molar-refractivity contribution in [2.45, 2.75) is 18.6 Å². The zero-order valence-corrected chi connectivity index (χ0v) is 12.9. The quantitative estimate of drug-likeness (QED) is 0.750. The number of nitrogens with zero attached hydrogens (tertiary/aromatic N) is 1. The average Bonchev–Trinajstić information content (AvgIpc) is 3.00. The van der Waals surface area contributed by atoms with Crippen LogP contribution in [0.3, 0.4) is 0 Å². The molecule has 8 heteroatoms. The van der Waals surface area contributed by atoms with E-state index in [0.29, 0.717) is 5.89 Å². The molecule has 5 nitrogen and oxygen atoms in total. The largest absolute Gasteiger partial charge is 0.490 e. The molecule has 0 saturated heterocycles. The number of benzene rings is 2. The summed E-state index contributed by atoms with van der Waals surface area (Å²) in [6, 6.07) is 17.6. The highest BCUT2D eigenvalue weighted by atomic mass is 19.4. The second kappa shape index (κ2) is 7.80. The number of fused-ring (bicyclic) bond motifs is 1. The van der Waals surface area contributed by atoms with E-state index in [9.17, 15) is 13.2 Å². The summed E-state index contributed by atoms with van der Waals surface area (Å²) in [4.78, 5) is 13.3. The first-order chi connectivity index (χ1) is 11.8. The van der Waals surface area contributed by atoms with E-state index in [0.717, 1.165) is 17.5 Å². The van der Waals surface area contributed by atoms with Crippen LogP contribution in [0, 0.1) is 0 Å². The lowest BCUT2D eigenvalue weighted by Crippen LogP contribution is -2.21. The van der Waals surface area contributed by atoms with Gasteiger partial charge in [0.15, 0.2) is 5.58 Å². The van der Waals surface area contributed by atoms with Crippen LogP contribution in [0.2, 0.25) is 0 Å². The van der Waals surface area contributed by atoms with Crippen LogP contribution < -0.4 is 5.73 Å². The van der Waals surface area contributed by atoms with Gasteiger partial charge < -0.3 is 15.3 Å². The van der Waals surface area contributed by atoms with Gasteiger partial charge in [0.2, 0.25) is 5.89 Å². The number of carboxylic acid groups (broad SMARTS) is 1. The summed E-state index contributed by atoms with van der Waals surface area (Å²) >= 11 is 0. The molecule has 1 aromatic heterocycles. The van der Waals surface area contributed by atoms with Gasteiger partial charge in [-0.25, -0.2) is 9.78 Å². The van der Waals surface area contributed by atoms with Gasteiger partial charge in [0, 0.05) is 0 Å². The Kier molecular flexibility index (Phi) is 5.76. The second-order valence-corrected chi connectivity index (χ2v) is 5.12. The SMILES string of the molecule is NC(Cc1ccccc1)c1nc2ccccc2o1.O=C(O)C(F)(F)F. The molecule has 0 aliphatic rings. The van der Waals surface area contributed by atoms with Crippen molar-refractivity contribution in [3.05, 3.63) is 66.1 Å². The van der Waals surface area contributed by atoms with Gasteiger partial charge in [-0.2, -0.15) is 13.2 Å². The molecule has 0 amide bonds. The maximum atomic E-state index is 10.6. The molecule has 0 fully saturated rings. The van der Waals surface area contributed by atoms with Crippen molar-refractivity contribution in [1.29, 1.82) is 0 Å². The molecule has 0 aliphatic heterocycles. The number of alkyl halides is 3. The van der Waals surface area contributed by atoms with Crippen LogP contribution in [0.1, 0.15) is 17.5 Å². The number of rotatable bonds is 3. The number of aromatic nitrogens is 1. The van der Waals surface area contributed by atoms with Crippen molar-refractivity contribution in [3.63, 3.8) is 0 Å². The third-order valence-corrected chi connectivity index (χ3v) is 3.17. The molecular formula is C17H15F3N2O3. The molecule has 0 radical (unpaired) electrons. The number of para-hydroxylation sites is 2. The zero-order valence-electron chi connectivity index (χ0n) is 12.9. The summed E-state index contributed by atoms with van der Waals surface area (Å²) in [5.74, 6) is -2.16. The normalized spacial score (nSPS) is 12.3. The summed E-state index contributed by atoms with van der Waals surface area (Å²) in [6.45, 7) is 0. The molecule has 0 bridgehead atoms. The number of halogens is 3. The first-order valence-electron chi connectivity index (χ1n) is 7.22. The van der Waals surface area contributed by atoms with Crippen molar-refractivity contribution in [2.24, 2.45) is 5.73 Å². The van der Waals surface area contributed by atoms with E-state index in [1.807, 2.05) is 42.5 Å². The van der Waals surface area contributed by atoms with Gasteiger partial charge in [0.05, 0.1) is 6.04 Å². The highest BCUT2D eigenvalue weighted by Gasteiger charge is 2.38. The molecular weight excluding hydrogens is 337 g/mol. The minimum Gasteiger partial charge on any atom is -0.475 e. The lowest BCUT2D eigenvalue weighted by Gasteiger charge is -2.06. The molecule has 0 aliphatic carbocycles. The summed E-state index contributed by atoms with van der Waals surface area (Å²) in [7, 11) is 0. The molecule has 25 heavy (non-hydrogen) atoms. The summed E-state index contributed by atoms with van der Waals surface area (Å²) in [5, 5.41) is 7.12. The number of hydrogen-bond donors (Lipinski definition) is 2. The number of hydrogen-bond acceptors (Lipinski definition) is 4. The predicted octanol–water partition coefficient (Wildman–Crippen LogP) is 3.70. The van der Waals surface area contributed by atoms with E-state index >= 15 is 0 Å². The monoisotopic (exact) mass is 352 g/mol. The maximum Gasteiger partial charge on any atom is 0.490 e. The van der Waals surface area contributed by atoms with Crippen LogP contribution in [-0.2, 0) is 11.2 Å². The standard InChI is InChI=1S/C15H14N2O.C2HF3O2/c16-12(10-11-6-2-1-3-7-11)15-17-13-8-4-5-9-14(13)18-15;3-2(4,5)1(6)7/h1-9,12H,10,16H2;(H,6,7). The molecule has 2 aromatic carbocycles. The smallest absolute Gasteiger partial charge is 0.475 e.